The van der Waals surface area contributed by atoms with Crippen molar-refractivity contribution in [3.05, 3.63) is 36.0 Å². The summed E-state index contributed by atoms with van der Waals surface area (Å²) in [5.41, 5.74) is 1.47. The Bertz CT molecular complexity index is 832. The van der Waals surface area contributed by atoms with Gasteiger partial charge in [-0.05, 0) is 37.4 Å². The van der Waals surface area contributed by atoms with E-state index in [0.717, 1.165) is 37.2 Å². The summed E-state index contributed by atoms with van der Waals surface area (Å²) in [5, 5.41) is 3.71. The summed E-state index contributed by atoms with van der Waals surface area (Å²) in [5.74, 6) is 1.15. The lowest BCUT2D eigenvalue weighted by atomic mass is 10.1. The number of rotatable bonds is 5. The number of sulfonamides is 1. The molecule has 0 bridgehead atoms. The molecule has 1 aromatic carbocycles. The van der Waals surface area contributed by atoms with Crippen LogP contribution in [0.5, 0.6) is 0 Å². The number of aryl methyl sites for hydroxylation is 1. The van der Waals surface area contributed by atoms with Crippen LogP contribution in [0.25, 0.3) is 11.3 Å². The molecule has 26 heavy (non-hydrogen) atoms. The summed E-state index contributed by atoms with van der Waals surface area (Å²) in [6, 6.07) is 7.12. The second-order valence-electron chi connectivity index (χ2n) is 7.31. The first-order valence-corrected chi connectivity index (χ1v) is 10.6. The Morgan fingerprint density at radius 2 is 1.96 bits per heavy atom. The van der Waals surface area contributed by atoms with Crippen LogP contribution in [0.4, 0.5) is 0 Å². The van der Waals surface area contributed by atoms with Crippen molar-refractivity contribution in [1.29, 1.82) is 0 Å². The highest BCUT2D eigenvalue weighted by Crippen LogP contribution is 2.27. The van der Waals surface area contributed by atoms with E-state index in [1.165, 1.54) is 0 Å². The zero-order valence-electron chi connectivity index (χ0n) is 15.7. The van der Waals surface area contributed by atoms with Gasteiger partial charge in [-0.1, -0.05) is 31.1 Å². The van der Waals surface area contributed by atoms with E-state index in [2.05, 4.69) is 23.9 Å². The monoisotopic (exact) mass is 377 g/mol. The second-order valence-corrected chi connectivity index (χ2v) is 9.22. The molecule has 2 heterocycles. The Balaban J connectivity index is 1.85. The fourth-order valence-electron chi connectivity index (χ4n) is 3.42. The van der Waals surface area contributed by atoms with Gasteiger partial charge < -0.3 is 9.42 Å². The van der Waals surface area contributed by atoms with Crippen LogP contribution in [0.15, 0.2) is 39.9 Å². The molecule has 7 heteroatoms. The van der Waals surface area contributed by atoms with Crippen LogP contribution in [0, 0.1) is 12.8 Å². The van der Waals surface area contributed by atoms with Crippen molar-refractivity contribution >= 4 is 10.0 Å². The third-order valence-electron chi connectivity index (χ3n) is 4.70. The number of hydrogen-bond donors (Lipinski definition) is 0. The fraction of sp³-hybridized carbons (Fsp3) is 0.526. The van der Waals surface area contributed by atoms with E-state index >= 15 is 0 Å². The Morgan fingerprint density at radius 1 is 1.15 bits per heavy atom. The Labute approximate surface area is 155 Å². The smallest absolute Gasteiger partial charge is 0.243 e. The van der Waals surface area contributed by atoms with Crippen molar-refractivity contribution in [1.82, 2.24) is 14.4 Å². The summed E-state index contributed by atoms with van der Waals surface area (Å²) >= 11 is 0. The van der Waals surface area contributed by atoms with E-state index in [9.17, 15) is 8.42 Å². The maximum Gasteiger partial charge on any atom is 0.243 e. The lowest BCUT2D eigenvalue weighted by molar-refractivity contribution is 0.256. The summed E-state index contributed by atoms with van der Waals surface area (Å²) < 4.78 is 33.3. The molecule has 1 saturated heterocycles. The minimum absolute atomic E-state index is 0.351. The quantitative estimate of drug-likeness (QED) is 0.801. The van der Waals surface area contributed by atoms with Crippen LogP contribution in [0.3, 0.4) is 0 Å². The van der Waals surface area contributed by atoms with Gasteiger partial charge in [0.1, 0.15) is 0 Å². The van der Waals surface area contributed by atoms with E-state index in [0.29, 0.717) is 29.7 Å². The molecule has 0 spiro atoms. The van der Waals surface area contributed by atoms with Crippen molar-refractivity contribution in [3.8, 4) is 11.3 Å². The average Bonchev–Trinajstić information content (AvgIpc) is 3.01. The van der Waals surface area contributed by atoms with Crippen molar-refractivity contribution < 1.29 is 12.9 Å². The van der Waals surface area contributed by atoms with Gasteiger partial charge in [0.05, 0.1) is 11.1 Å². The van der Waals surface area contributed by atoms with Crippen LogP contribution >= 0.6 is 0 Å². The third-order valence-corrected chi connectivity index (χ3v) is 6.74. The summed E-state index contributed by atoms with van der Waals surface area (Å²) in [7, 11) is -3.54. The number of benzene rings is 1. The predicted octanol–water partition coefficient (Wildman–Crippen LogP) is 3.00. The molecule has 6 nitrogen and oxygen atoms in total. The molecule has 1 aliphatic heterocycles. The molecule has 2 aromatic rings. The van der Waals surface area contributed by atoms with E-state index in [4.69, 9.17) is 4.52 Å². The third kappa shape index (κ3) is 4.16. The topological polar surface area (TPSA) is 66.7 Å². The van der Waals surface area contributed by atoms with Crippen LogP contribution in [0.2, 0.25) is 0 Å². The summed E-state index contributed by atoms with van der Waals surface area (Å²) in [4.78, 5) is 2.71. The van der Waals surface area contributed by atoms with Gasteiger partial charge in [0.2, 0.25) is 10.0 Å². The molecule has 142 valence electrons. The SMILES string of the molecule is Cc1ccc(-c2ccno2)cc1S(=O)(=O)N1CCCN(CC(C)C)CC1. The highest BCUT2D eigenvalue weighted by molar-refractivity contribution is 7.89. The number of aromatic nitrogens is 1. The van der Waals surface area contributed by atoms with Gasteiger partial charge in [0.15, 0.2) is 5.76 Å². The van der Waals surface area contributed by atoms with Gasteiger partial charge in [0.25, 0.3) is 0 Å². The highest BCUT2D eigenvalue weighted by Gasteiger charge is 2.28. The maximum atomic E-state index is 13.3. The molecule has 1 fully saturated rings. The molecule has 0 radical (unpaired) electrons. The molecule has 1 aromatic heterocycles. The second kappa shape index (κ2) is 7.90. The Hall–Kier alpha value is -1.70. The minimum atomic E-state index is -3.54. The lowest BCUT2D eigenvalue weighted by Gasteiger charge is -2.23. The number of hydrogen-bond acceptors (Lipinski definition) is 5. The van der Waals surface area contributed by atoms with Crippen molar-refractivity contribution in [2.75, 3.05) is 32.7 Å². The molecule has 0 aliphatic carbocycles. The van der Waals surface area contributed by atoms with E-state index in [1.807, 2.05) is 19.1 Å². The van der Waals surface area contributed by atoms with Crippen LogP contribution in [-0.2, 0) is 10.0 Å². The van der Waals surface area contributed by atoms with Crippen LogP contribution < -0.4 is 0 Å². The first-order valence-electron chi connectivity index (χ1n) is 9.12. The van der Waals surface area contributed by atoms with Crippen LogP contribution in [-0.4, -0.2) is 55.5 Å². The first-order chi connectivity index (χ1) is 12.4. The Kier molecular flexibility index (Phi) is 5.79. The molecule has 0 atom stereocenters. The highest BCUT2D eigenvalue weighted by atomic mass is 32.2. The van der Waals surface area contributed by atoms with Crippen LogP contribution in [0.1, 0.15) is 25.8 Å². The maximum absolute atomic E-state index is 13.3. The lowest BCUT2D eigenvalue weighted by Crippen LogP contribution is -2.36. The molecule has 3 rings (SSSR count). The van der Waals surface area contributed by atoms with Crippen molar-refractivity contribution in [2.24, 2.45) is 5.92 Å². The Morgan fingerprint density at radius 3 is 2.65 bits per heavy atom. The fourth-order valence-corrected chi connectivity index (χ4v) is 5.14. The molecular formula is C19H27N3O3S. The molecule has 0 amide bonds. The molecule has 1 aliphatic rings. The number of nitrogens with zero attached hydrogens (tertiary/aromatic N) is 3. The molecule has 0 N–H and O–H groups in total. The zero-order valence-corrected chi connectivity index (χ0v) is 16.5. The van der Waals surface area contributed by atoms with Gasteiger partial charge in [0, 0.05) is 37.8 Å². The minimum Gasteiger partial charge on any atom is -0.356 e. The molecular weight excluding hydrogens is 350 g/mol. The standard InChI is InChI=1S/C19H27N3O3S/c1-15(2)14-21-9-4-10-22(12-11-21)26(23,24)19-13-17(6-5-16(19)3)18-7-8-20-25-18/h5-8,13,15H,4,9-12,14H2,1-3H3. The van der Waals surface area contributed by atoms with E-state index in [1.54, 1.807) is 22.6 Å². The van der Waals surface area contributed by atoms with Gasteiger partial charge in [-0.15, -0.1) is 0 Å². The van der Waals surface area contributed by atoms with Gasteiger partial charge in [-0.25, -0.2) is 8.42 Å². The van der Waals surface area contributed by atoms with Crippen molar-refractivity contribution in [2.45, 2.75) is 32.1 Å². The molecule has 0 saturated carbocycles. The van der Waals surface area contributed by atoms with Gasteiger partial charge >= 0.3 is 0 Å². The van der Waals surface area contributed by atoms with Gasteiger partial charge in [-0.3, -0.25) is 0 Å². The largest absolute Gasteiger partial charge is 0.356 e. The van der Waals surface area contributed by atoms with E-state index in [-0.39, 0.29) is 0 Å². The zero-order chi connectivity index (χ0) is 18.7. The normalized spacial score (nSPS) is 17.5. The summed E-state index contributed by atoms with van der Waals surface area (Å²) in [6.45, 7) is 10.0. The summed E-state index contributed by atoms with van der Waals surface area (Å²) in [6.07, 6.45) is 2.41. The van der Waals surface area contributed by atoms with Gasteiger partial charge in [-0.2, -0.15) is 4.31 Å². The van der Waals surface area contributed by atoms with Crippen molar-refractivity contribution in [3.63, 3.8) is 0 Å². The first kappa shape index (κ1) is 19.1. The van der Waals surface area contributed by atoms with E-state index < -0.39 is 10.0 Å². The molecule has 0 unspecified atom stereocenters. The predicted molar refractivity (Wildman–Crippen MR) is 101 cm³/mol. The average molecular weight is 378 g/mol.